The van der Waals surface area contributed by atoms with E-state index in [1.54, 1.807) is 49.6 Å². The lowest BCUT2D eigenvalue weighted by atomic mass is 10.0. The summed E-state index contributed by atoms with van der Waals surface area (Å²) in [6.45, 7) is 3.69. The molecule has 3 rings (SSSR count). The number of benzene rings is 2. The third-order valence-corrected chi connectivity index (χ3v) is 4.59. The van der Waals surface area contributed by atoms with Crippen LogP contribution in [0.5, 0.6) is 17.2 Å². The van der Waals surface area contributed by atoms with Crippen molar-refractivity contribution in [1.82, 2.24) is 10.6 Å². The van der Waals surface area contributed by atoms with Crippen molar-refractivity contribution in [2.45, 2.75) is 19.4 Å². The second-order valence-electron chi connectivity index (χ2n) is 6.59. The van der Waals surface area contributed by atoms with Crippen molar-refractivity contribution in [3.63, 3.8) is 0 Å². The fourth-order valence-electron chi connectivity index (χ4n) is 2.98. The Hall–Kier alpha value is -3.26. The molecule has 0 aromatic heterocycles. The summed E-state index contributed by atoms with van der Waals surface area (Å²) in [7, 11) is 1.57. The van der Waals surface area contributed by atoms with Gasteiger partial charge >= 0.3 is 0 Å². The zero-order chi connectivity index (χ0) is 21.3. The number of hydrogen-bond acceptors (Lipinski definition) is 6. The summed E-state index contributed by atoms with van der Waals surface area (Å²) in [6, 6.07) is 11.0. The Morgan fingerprint density at radius 3 is 2.60 bits per heavy atom. The molecule has 1 heterocycles. The monoisotopic (exact) mass is 414 g/mol. The molecule has 0 fully saturated rings. The number of methoxy groups -OCH3 is 1. The quantitative estimate of drug-likeness (QED) is 0.580. The van der Waals surface area contributed by atoms with Gasteiger partial charge in [-0.25, -0.2) is 0 Å². The lowest BCUT2D eigenvalue weighted by Crippen LogP contribution is -2.40. The van der Waals surface area contributed by atoms with Crippen molar-refractivity contribution < 1.29 is 28.5 Å². The molecule has 1 atom stereocenters. The van der Waals surface area contributed by atoms with E-state index in [4.69, 9.17) is 18.9 Å². The predicted octanol–water partition coefficient (Wildman–Crippen LogP) is 2.44. The van der Waals surface area contributed by atoms with E-state index in [1.165, 1.54) is 0 Å². The molecule has 2 aromatic carbocycles. The van der Waals surface area contributed by atoms with E-state index >= 15 is 0 Å². The Morgan fingerprint density at radius 1 is 1.10 bits per heavy atom. The summed E-state index contributed by atoms with van der Waals surface area (Å²) in [5, 5.41) is 5.67. The van der Waals surface area contributed by atoms with Crippen LogP contribution in [0.1, 0.15) is 35.3 Å². The number of carbonyl (C=O) groups excluding carboxylic acids is 2. The van der Waals surface area contributed by atoms with Gasteiger partial charge in [-0.2, -0.15) is 0 Å². The first-order chi connectivity index (χ1) is 14.6. The molecule has 0 radical (unpaired) electrons. The van der Waals surface area contributed by atoms with Gasteiger partial charge in [0.1, 0.15) is 11.8 Å². The summed E-state index contributed by atoms with van der Waals surface area (Å²) < 4.78 is 21.1. The summed E-state index contributed by atoms with van der Waals surface area (Å²) in [5.74, 6) is 1.07. The number of hydrogen-bond donors (Lipinski definition) is 2. The van der Waals surface area contributed by atoms with E-state index < -0.39 is 11.9 Å². The van der Waals surface area contributed by atoms with E-state index in [0.717, 1.165) is 0 Å². The molecular formula is C22H26N2O6. The maximum Gasteiger partial charge on any atom is 0.252 e. The number of nitrogens with one attached hydrogen (secondary N) is 2. The minimum absolute atomic E-state index is 0.124. The van der Waals surface area contributed by atoms with Gasteiger partial charge in [0.2, 0.25) is 12.7 Å². The number of fused-ring (bicyclic) bond motifs is 1. The molecule has 0 saturated heterocycles. The zero-order valence-electron chi connectivity index (χ0n) is 17.1. The van der Waals surface area contributed by atoms with Crippen LogP contribution in [0.15, 0.2) is 42.5 Å². The first kappa shape index (κ1) is 21.4. The standard InChI is InChI=1S/C22H26N2O6/c1-3-28-12-4-11-23-22(26)20(15-5-8-17(27-2)9-6-15)24-21(25)16-7-10-18-19(13-16)30-14-29-18/h5-10,13,20H,3-4,11-12,14H2,1-2H3,(H,23,26)(H,24,25)/t20-/m1/s1. The molecule has 0 spiro atoms. The highest BCUT2D eigenvalue weighted by Gasteiger charge is 2.24. The van der Waals surface area contributed by atoms with Crippen molar-refractivity contribution in [3.05, 3.63) is 53.6 Å². The molecule has 30 heavy (non-hydrogen) atoms. The molecule has 0 aliphatic carbocycles. The van der Waals surface area contributed by atoms with Gasteiger partial charge in [0.15, 0.2) is 11.5 Å². The lowest BCUT2D eigenvalue weighted by molar-refractivity contribution is -0.123. The number of rotatable bonds is 10. The molecular weight excluding hydrogens is 388 g/mol. The highest BCUT2D eigenvalue weighted by Crippen LogP contribution is 2.32. The summed E-state index contributed by atoms with van der Waals surface area (Å²) >= 11 is 0. The fourth-order valence-corrected chi connectivity index (χ4v) is 2.98. The smallest absolute Gasteiger partial charge is 0.252 e. The average molecular weight is 414 g/mol. The number of carbonyl (C=O) groups is 2. The molecule has 0 saturated carbocycles. The van der Waals surface area contributed by atoms with Gasteiger partial charge in [0.25, 0.3) is 5.91 Å². The Morgan fingerprint density at radius 2 is 1.87 bits per heavy atom. The molecule has 0 bridgehead atoms. The zero-order valence-corrected chi connectivity index (χ0v) is 17.1. The lowest BCUT2D eigenvalue weighted by Gasteiger charge is -2.19. The molecule has 2 aromatic rings. The molecule has 8 heteroatoms. The highest BCUT2D eigenvalue weighted by molar-refractivity contribution is 5.98. The van der Waals surface area contributed by atoms with Crippen LogP contribution >= 0.6 is 0 Å². The third kappa shape index (κ3) is 5.42. The Kier molecular flexibility index (Phi) is 7.51. The van der Waals surface area contributed by atoms with Crippen LogP contribution in [0.4, 0.5) is 0 Å². The van der Waals surface area contributed by atoms with Crippen molar-refractivity contribution in [3.8, 4) is 17.2 Å². The highest BCUT2D eigenvalue weighted by atomic mass is 16.7. The van der Waals surface area contributed by atoms with Crippen LogP contribution in [0, 0.1) is 0 Å². The van der Waals surface area contributed by atoms with E-state index in [9.17, 15) is 9.59 Å². The Balaban J connectivity index is 1.72. The second-order valence-corrected chi connectivity index (χ2v) is 6.59. The number of amides is 2. The minimum Gasteiger partial charge on any atom is -0.497 e. The fraction of sp³-hybridized carbons (Fsp3) is 0.364. The van der Waals surface area contributed by atoms with Crippen molar-refractivity contribution >= 4 is 11.8 Å². The molecule has 1 aliphatic rings. The van der Waals surface area contributed by atoms with Crippen molar-refractivity contribution in [2.24, 2.45) is 0 Å². The molecule has 2 amide bonds. The van der Waals surface area contributed by atoms with Crippen LogP contribution in [0.25, 0.3) is 0 Å². The molecule has 0 unspecified atom stereocenters. The van der Waals surface area contributed by atoms with E-state index in [1.807, 2.05) is 6.92 Å². The summed E-state index contributed by atoms with van der Waals surface area (Å²) in [6.07, 6.45) is 0.686. The third-order valence-electron chi connectivity index (χ3n) is 4.59. The normalized spacial score (nSPS) is 12.9. The second kappa shape index (κ2) is 10.5. The van der Waals surface area contributed by atoms with E-state index in [-0.39, 0.29) is 12.7 Å². The maximum atomic E-state index is 12.8. The first-order valence-corrected chi connectivity index (χ1v) is 9.82. The topological polar surface area (TPSA) is 95.1 Å². The van der Waals surface area contributed by atoms with Gasteiger partial charge in [-0.05, 0) is 49.2 Å². The van der Waals surface area contributed by atoms with Gasteiger partial charge in [0.05, 0.1) is 7.11 Å². The summed E-state index contributed by atoms with van der Waals surface area (Å²) in [5.41, 5.74) is 1.02. The molecule has 2 N–H and O–H groups in total. The van der Waals surface area contributed by atoms with Gasteiger partial charge < -0.3 is 29.6 Å². The summed E-state index contributed by atoms with van der Waals surface area (Å²) in [4.78, 5) is 25.7. The first-order valence-electron chi connectivity index (χ1n) is 9.82. The largest absolute Gasteiger partial charge is 0.497 e. The molecule has 160 valence electrons. The van der Waals surface area contributed by atoms with Crippen LogP contribution in [0.2, 0.25) is 0 Å². The van der Waals surface area contributed by atoms with Gasteiger partial charge in [-0.1, -0.05) is 12.1 Å². The van der Waals surface area contributed by atoms with E-state index in [0.29, 0.717) is 54.6 Å². The predicted molar refractivity (Wildman–Crippen MR) is 110 cm³/mol. The number of ether oxygens (including phenoxy) is 4. The minimum atomic E-state index is -0.860. The van der Waals surface area contributed by atoms with Crippen LogP contribution in [-0.2, 0) is 9.53 Å². The van der Waals surface area contributed by atoms with Gasteiger partial charge in [-0.3, -0.25) is 9.59 Å². The SMILES string of the molecule is CCOCCCNC(=O)[C@H](NC(=O)c1ccc2c(c1)OCO2)c1ccc(OC)cc1. The average Bonchev–Trinajstić information content (AvgIpc) is 3.25. The van der Waals surface area contributed by atoms with Crippen LogP contribution in [-0.4, -0.2) is 45.5 Å². The van der Waals surface area contributed by atoms with Crippen molar-refractivity contribution in [1.29, 1.82) is 0 Å². The van der Waals surface area contributed by atoms with Gasteiger partial charge in [-0.15, -0.1) is 0 Å². The van der Waals surface area contributed by atoms with E-state index in [2.05, 4.69) is 10.6 Å². The molecule has 8 nitrogen and oxygen atoms in total. The molecule has 1 aliphatic heterocycles. The Labute approximate surface area is 175 Å². The Bertz CT molecular complexity index is 868. The van der Waals surface area contributed by atoms with Gasteiger partial charge in [0, 0.05) is 25.3 Å². The van der Waals surface area contributed by atoms with Crippen LogP contribution < -0.4 is 24.8 Å². The van der Waals surface area contributed by atoms with Crippen molar-refractivity contribution in [2.75, 3.05) is 33.7 Å². The van der Waals surface area contributed by atoms with Crippen LogP contribution in [0.3, 0.4) is 0 Å². The maximum absolute atomic E-state index is 12.8.